The summed E-state index contributed by atoms with van der Waals surface area (Å²) in [7, 11) is 1.37. The smallest absolute Gasteiger partial charge is 0.337 e. The molecule has 1 N–H and O–H groups in total. The Hall–Kier alpha value is -2.82. The lowest BCUT2D eigenvalue weighted by atomic mass is 10.1. The number of imidazole rings is 1. The van der Waals surface area contributed by atoms with Gasteiger partial charge in [-0.15, -0.1) is 0 Å². The molecular weight excluding hydrogens is 292 g/mol. The first kappa shape index (κ1) is 15.1. The van der Waals surface area contributed by atoms with Gasteiger partial charge < -0.3 is 14.5 Å². The minimum Gasteiger partial charge on any atom is -0.494 e. The fourth-order valence-electron chi connectivity index (χ4n) is 2.45. The highest BCUT2D eigenvalue weighted by Gasteiger charge is 2.09. The highest BCUT2D eigenvalue weighted by molar-refractivity contribution is 5.93. The van der Waals surface area contributed by atoms with E-state index in [2.05, 4.69) is 9.97 Å². The van der Waals surface area contributed by atoms with Crippen LogP contribution in [0.25, 0.3) is 11.0 Å². The van der Waals surface area contributed by atoms with Crippen molar-refractivity contribution >= 4 is 17.0 Å². The summed E-state index contributed by atoms with van der Waals surface area (Å²) in [6.07, 6.45) is 0.689. The van der Waals surface area contributed by atoms with E-state index in [9.17, 15) is 4.79 Å². The van der Waals surface area contributed by atoms with Crippen LogP contribution in [0.2, 0.25) is 0 Å². The lowest BCUT2D eigenvalue weighted by Crippen LogP contribution is -2.00. The molecule has 0 radical (unpaired) electrons. The molecule has 3 rings (SSSR count). The number of H-pyrrole nitrogens is 1. The molecule has 0 fully saturated rings. The van der Waals surface area contributed by atoms with Gasteiger partial charge in [-0.25, -0.2) is 9.78 Å². The van der Waals surface area contributed by atoms with Crippen LogP contribution in [-0.4, -0.2) is 29.7 Å². The minimum atomic E-state index is -0.352. The molecule has 1 heterocycles. The molecule has 3 aromatic rings. The van der Waals surface area contributed by atoms with E-state index in [0.717, 1.165) is 28.2 Å². The molecule has 0 aliphatic heterocycles. The molecule has 0 aliphatic rings. The van der Waals surface area contributed by atoms with Crippen molar-refractivity contribution < 1.29 is 14.3 Å². The van der Waals surface area contributed by atoms with Crippen LogP contribution in [-0.2, 0) is 11.2 Å². The number of ether oxygens (including phenoxy) is 2. The molecule has 0 aliphatic carbocycles. The second-order valence-electron chi connectivity index (χ2n) is 5.16. The third-order valence-electron chi connectivity index (χ3n) is 3.56. The van der Waals surface area contributed by atoms with Crippen molar-refractivity contribution in [3.63, 3.8) is 0 Å². The van der Waals surface area contributed by atoms with E-state index >= 15 is 0 Å². The highest BCUT2D eigenvalue weighted by atomic mass is 16.5. The van der Waals surface area contributed by atoms with Crippen LogP contribution < -0.4 is 4.74 Å². The van der Waals surface area contributed by atoms with Gasteiger partial charge in [0.05, 0.1) is 30.3 Å². The van der Waals surface area contributed by atoms with Crippen molar-refractivity contribution in [1.82, 2.24) is 9.97 Å². The lowest BCUT2D eigenvalue weighted by Gasteiger charge is -2.03. The second kappa shape index (κ2) is 6.52. The fraction of sp³-hybridized carbons (Fsp3) is 0.222. The maximum Gasteiger partial charge on any atom is 0.337 e. The SMILES string of the molecule is CCOc1ccc(Cc2nc3ccc(C(=O)OC)cc3[nH]2)cc1. The molecule has 5 heteroatoms. The number of fused-ring (bicyclic) bond motifs is 1. The highest BCUT2D eigenvalue weighted by Crippen LogP contribution is 2.18. The molecule has 0 saturated carbocycles. The van der Waals surface area contributed by atoms with Gasteiger partial charge in [-0.2, -0.15) is 0 Å². The normalized spacial score (nSPS) is 10.7. The Morgan fingerprint density at radius 1 is 1.17 bits per heavy atom. The Bertz CT molecular complexity index is 822. The van der Waals surface area contributed by atoms with E-state index in [1.807, 2.05) is 37.3 Å². The molecule has 0 unspecified atom stereocenters. The van der Waals surface area contributed by atoms with Crippen molar-refractivity contribution in [2.75, 3.05) is 13.7 Å². The number of nitrogens with one attached hydrogen (secondary N) is 1. The summed E-state index contributed by atoms with van der Waals surface area (Å²) >= 11 is 0. The lowest BCUT2D eigenvalue weighted by molar-refractivity contribution is 0.0601. The van der Waals surface area contributed by atoms with E-state index in [4.69, 9.17) is 9.47 Å². The first-order chi connectivity index (χ1) is 11.2. The van der Waals surface area contributed by atoms with Gasteiger partial charge in [0.1, 0.15) is 11.6 Å². The Balaban J connectivity index is 1.81. The zero-order valence-electron chi connectivity index (χ0n) is 13.1. The fourth-order valence-corrected chi connectivity index (χ4v) is 2.45. The van der Waals surface area contributed by atoms with Gasteiger partial charge >= 0.3 is 5.97 Å². The number of methoxy groups -OCH3 is 1. The van der Waals surface area contributed by atoms with Crippen LogP contribution in [0.3, 0.4) is 0 Å². The minimum absolute atomic E-state index is 0.352. The molecule has 5 nitrogen and oxygen atoms in total. The van der Waals surface area contributed by atoms with Gasteiger partial charge in [0, 0.05) is 6.42 Å². The number of esters is 1. The first-order valence-corrected chi connectivity index (χ1v) is 7.48. The molecular formula is C18H18N2O3. The van der Waals surface area contributed by atoms with Crippen molar-refractivity contribution in [1.29, 1.82) is 0 Å². The third kappa shape index (κ3) is 3.34. The van der Waals surface area contributed by atoms with Crippen LogP contribution in [0.15, 0.2) is 42.5 Å². The molecule has 0 atom stereocenters. The summed E-state index contributed by atoms with van der Waals surface area (Å²) in [6.45, 7) is 2.62. The standard InChI is InChI=1S/C18H18N2O3/c1-3-23-14-7-4-12(5-8-14)10-17-19-15-9-6-13(18(21)22-2)11-16(15)20-17/h4-9,11H,3,10H2,1-2H3,(H,19,20). The Morgan fingerprint density at radius 2 is 1.96 bits per heavy atom. The zero-order chi connectivity index (χ0) is 16.2. The predicted molar refractivity (Wildman–Crippen MR) is 87.9 cm³/mol. The largest absolute Gasteiger partial charge is 0.494 e. The predicted octanol–water partition coefficient (Wildman–Crippen LogP) is 3.34. The van der Waals surface area contributed by atoms with Crippen molar-refractivity contribution in [3.05, 3.63) is 59.4 Å². The van der Waals surface area contributed by atoms with Gasteiger partial charge in [-0.3, -0.25) is 0 Å². The first-order valence-electron chi connectivity index (χ1n) is 7.48. The van der Waals surface area contributed by atoms with E-state index in [1.165, 1.54) is 7.11 Å². The molecule has 0 amide bonds. The average molecular weight is 310 g/mol. The van der Waals surface area contributed by atoms with Crippen LogP contribution in [0.1, 0.15) is 28.7 Å². The van der Waals surface area contributed by atoms with E-state index in [1.54, 1.807) is 12.1 Å². The summed E-state index contributed by atoms with van der Waals surface area (Å²) < 4.78 is 10.2. The average Bonchev–Trinajstić information content (AvgIpc) is 2.97. The van der Waals surface area contributed by atoms with Crippen LogP contribution >= 0.6 is 0 Å². The summed E-state index contributed by atoms with van der Waals surface area (Å²) in [5.41, 5.74) is 3.31. The topological polar surface area (TPSA) is 64.2 Å². The molecule has 1 aromatic heterocycles. The maximum absolute atomic E-state index is 11.6. The number of nitrogens with zero attached hydrogens (tertiary/aromatic N) is 1. The quantitative estimate of drug-likeness (QED) is 0.734. The Labute approximate surface area is 134 Å². The summed E-state index contributed by atoms with van der Waals surface area (Å²) in [5.74, 6) is 1.37. The van der Waals surface area contributed by atoms with Gasteiger partial charge in [-0.05, 0) is 42.8 Å². The Morgan fingerprint density at radius 3 is 2.65 bits per heavy atom. The molecule has 23 heavy (non-hydrogen) atoms. The zero-order valence-corrected chi connectivity index (χ0v) is 13.1. The second-order valence-corrected chi connectivity index (χ2v) is 5.16. The molecule has 0 spiro atoms. The number of hydrogen-bond acceptors (Lipinski definition) is 4. The van der Waals surface area contributed by atoms with Gasteiger partial charge in [0.15, 0.2) is 0 Å². The van der Waals surface area contributed by atoms with Crippen molar-refractivity contribution in [3.8, 4) is 5.75 Å². The monoisotopic (exact) mass is 310 g/mol. The maximum atomic E-state index is 11.6. The number of hydrogen-bond donors (Lipinski definition) is 1. The van der Waals surface area contributed by atoms with Crippen molar-refractivity contribution in [2.24, 2.45) is 0 Å². The number of benzene rings is 2. The number of aromatic amines is 1. The summed E-state index contributed by atoms with van der Waals surface area (Å²) in [6, 6.07) is 13.3. The van der Waals surface area contributed by atoms with Crippen LogP contribution in [0.4, 0.5) is 0 Å². The number of carbonyl (C=O) groups excluding carboxylic acids is 1. The van der Waals surface area contributed by atoms with Crippen molar-refractivity contribution in [2.45, 2.75) is 13.3 Å². The van der Waals surface area contributed by atoms with Gasteiger partial charge in [0.2, 0.25) is 0 Å². The van der Waals surface area contributed by atoms with Gasteiger partial charge in [-0.1, -0.05) is 12.1 Å². The molecule has 118 valence electrons. The summed E-state index contributed by atoms with van der Waals surface area (Å²) in [4.78, 5) is 19.4. The van der Waals surface area contributed by atoms with Crippen LogP contribution in [0.5, 0.6) is 5.75 Å². The van der Waals surface area contributed by atoms with Crippen LogP contribution in [0, 0.1) is 0 Å². The summed E-state index contributed by atoms with van der Waals surface area (Å²) in [5, 5.41) is 0. The number of carbonyl (C=O) groups is 1. The van der Waals surface area contributed by atoms with Gasteiger partial charge in [0.25, 0.3) is 0 Å². The third-order valence-corrected chi connectivity index (χ3v) is 3.56. The number of aromatic nitrogens is 2. The van der Waals surface area contributed by atoms with E-state index in [-0.39, 0.29) is 5.97 Å². The van der Waals surface area contributed by atoms with E-state index < -0.39 is 0 Å². The molecule has 0 bridgehead atoms. The molecule has 2 aromatic carbocycles. The Kier molecular flexibility index (Phi) is 4.28. The van der Waals surface area contributed by atoms with E-state index in [0.29, 0.717) is 18.6 Å². The number of rotatable bonds is 5. The molecule has 0 saturated heterocycles.